The normalized spacial score (nSPS) is 29.1. The minimum absolute atomic E-state index is 0.0511. The summed E-state index contributed by atoms with van der Waals surface area (Å²) in [6.07, 6.45) is -1.24. The summed E-state index contributed by atoms with van der Waals surface area (Å²) in [5, 5.41) is 0. The van der Waals surface area contributed by atoms with Crippen molar-refractivity contribution >= 4 is 0 Å². The Labute approximate surface area is 102 Å². The van der Waals surface area contributed by atoms with Gasteiger partial charge < -0.3 is 5.73 Å². The zero-order valence-corrected chi connectivity index (χ0v) is 11.0. The lowest BCUT2D eigenvalue weighted by atomic mass is 9.68. The van der Waals surface area contributed by atoms with Crippen LogP contribution in [0, 0.1) is 17.3 Å². The first kappa shape index (κ1) is 14.8. The van der Waals surface area contributed by atoms with E-state index in [2.05, 4.69) is 20.8 Å². The van der Waals surface area contributed by atoms with Crippen LogP contribution in [0.25, 0.3) is 0 Å². The van der Waals surface area contributed by atoms with Gasteiger partial charge in [-0.2, -0.15) is 13.2 Å². The van der Waals surface area contributed by atoms with E-state index in [9.17, 15) is 13.2 Å². The van der Waals surface area contributed by atoms with Gasteiger partial charge in [-0.15, -0.1) is 0 Å². The van der Waals surface area contributed by atoms with Crippen molar-refractivity contribution in [3.8, 4) is 0 Å². The molecule has 1 rings (SSSR count). The van der Waals surface area contributed by atoms with Gasteiger partial charge in [0.15, 0.2) is 0 Å². The van der Waals surface area contributed by atoms with E-state index in [1.807, 2.05) is 0 Å². The zero-order valence-electron chi connectivity index (χ0n) is 11.0. The summed E-state index contributed by atoms with van der Waals surface area (Å²) < 4.78 is 36.7. The Bertz CT molecular complexity index is 234. The van der Waals surface area contributed by atoms with E-state index in [0.29, 0.717) is 5.92 Å². The summed E-state index contributed by atoms with van der Waals surface area (Å²) >= 11 is 0. The number of alkyl halides is 3. The second-order valence-corrected chi connectivity index (χ2v) is 6.46. The molecule has 0 aromatic carbocycles. The average Bonchev–Trinajstić information content (AvgIpc) is 2.14. The average molecular weight is 251 g/mol. The third-order valence-corrected chi connectivity index (χ3v) is 4.07. The van der Waals surface area contributed by atoms with Crippen molar-refractivity contribution in [2.45, 2.75) is 65.1 Å². The highest BCUT2D eigenvalue weighted by Crippen LogP contribution is 2.41. The Morgan fingerprint density at radius 2 is 1.53 bits per heavy atom. The van der Waals surface area contributed by atoms with Crippen LogP contribution >= 0.6 is 0 Å². The van der Waals surface area contributed by atoms with E-state index in [1.165, 1.54) is 0 Å². The Kier molecular flexibility index (Phi) is 4.50. The molecule has 0 aromatic heterocycles. The van der Waals surface area contributed by atoms with Crippen LogP contribution in [0.5, 0.6) is 0 Å². The molecular formula is C13H24F3N. The first-order valence-corrected chi connectivity index (χ1v) is 6.42. The van der Waals surface area contributed by atoms with Crippen LogP contribution in [0.15, 0.2) is 0 Å². The maximum atomic E-state index is 12.2. The molecule has 0 amide bonds. The molecule has 1 fully saturated rings. The monoisotopic (exact) mass is 251 g/mol. The molecule has 0 bridgehead atoms. The third-order valence-electron chi connectivity index (χ3n) is 4.07. The van der Waals surface area contributed by atoms with Crippen molar-refractivity contribution in [1.29, 1.82) is 0 Å². The van der Waals surface area contributed by atoms with E-state index in [4.69, 9.17) is 5.73 Å². The standard InChI is InChI=1S/C13H24F3N/c1-12(2,3)10-6-4-9(5-7-10)11(17)8-13(14,15)16/h9-11H,4-8,17H2,1-3H3/t9?,10?,11-/m1/s1. The van der Waals surface area contributed by atoms with E-state index < -0.39 is 18.6 Å². The smallest absolute Gasteiger partial charge is 0.327 e. The molecular weight excluding hydrogens is 227 g/mol. The van der Waals surface area contributed by atoms with Crippen molar-refractivity contribution in [3.63, 3.8) is 0 Å². The zero-order chi connectivity index (χ0) is 13.3. The maximum Gasteiger partial charge on any atom is 0.390 e. The number of nitrogens with two attached hydrogens (primary N) is 1. The molecule has 1 aliphatic rings. The molecule has 1 aliphatic carbocycles. The molecule has 4 heteroatoms. The van der Waals surface area contributed by atoms with Crippen LogP contribution in [-0.4, -0.2) is 12.2 Å². The van der Waals surface area contributed by atoms with Gasteiger partial charge in [-0.1, -0.05) is 20.8 Å². The highest BCUT2D eigenvalue weighted by Gasteiger charge is 2.36. The van der Waals surface area contributed by atoms with Gasteiger partial charge in [-0.3, -0.25) is 0 Å². The summed E-state index contributed by atoms with van der Waals surface area (Å²) in [6, 6.07) is -0.712. The first-order valence-electron chi connectivity index (χ1n) is 6.42. The van der Waals surface area contributed by atoms with Crippen LogP contribution < -0.4 is 5.73 Å². The van der Waals surface area contributed by atoms with Gasteiger partial charge in [-0.25, -0.2) is 0 Å². The minimum atomic E-state index is -4.12. The lowest BCUT2D eigenvalue weighted by molar-refractivity contribution is -0.141. The Morgan fingerprint density at radius 1 is 1.06 bits per heavy atom. The molecule has 1 saturated carbocycles. The molecule has 0 spiro atoms. The predicted octanol–water partition coefficient (Wildman–Crippen LogP) is 4.12. The van der Waals surface area contributed by atoms with Gasteiger partial charge in [-0.05, 0) is 42.9 Å². The van der Waals surface area contributed by atoms with Gasteiger partial charge in [0.1, 0.15) is 0 Å². The molecule has 0 aliphatic heterocycles. The van der Waals surface area contributed by atoms with E-state index in [-0.39, 0.29) is 11.3 Å². The van der Waals surface area contributed by atoms with Gasteiger partial charge in [0.05, 0.1) is 6.42 Å². The van der Waals surface area contributed by atoms with Crippen molar-refractivity contribution in [1.82, 2.24) is 0 Å². The molecule has 0 aromatic rings. The van der Waals surface area contributed by atoms with E-state index >= 15 is 0 Å². The molecule has 0 saturated heterocycles. The highest BCUT2D eigenvalue weighted by atomic mass is 19.4. The SMILES string of the molecule is CC(C)(C)C1CCC([C@H](N)CC(F)(F)F)CC1. The Morgan fingerprint density at radius 3 is 1.88 bits per heavy atom. The van der Waals surface area contributed by atoms with Crippen LogP contribution in [0.1, 0.15) is 52.9 Å². The van der Waals surface area contributed by atoms with Gasteiger partial charge in [0, 0.05) is 6.04 Å². The van der Waals surface area contributed by atoms with Crippen molar-refractivity contribution in [2.24, 2.45) is 23.0 Å². The Balaban J connectivity index is 2.42. The van der Waals surface area contributed by atoms with Gasteiger partial charge >= 0.3 is 6.18 Å². The second kappa shape index (κ2) is 5.17. The topological polar surface area (TPSA) is 26.0 Å². The number of rotatable bonds is 2. The molecule has 1 nitrogen and oxygen atoms in total. The minimum Gasteiger partial charge on any atom is -0.327 e. The van der Waals surface area contributed by atoms with Crippen LogP contribution in [-0.2, 0) is 0 Å². The van der Waals surface area contributed by atoms with Crippen LogP contribution in [0.2, 0.25) is 0 Å². The summed E-state index contributed by atoms with van der Waals surface area (Å²) in [5.41, 5.74) is 5.93. The molecule has 2 N–H and O–H groups in total. The fraction of sp³-hybridized carbons (Fsp3) is 1.00. The Hall–Kier alpha value is -0.250. The first-order chi connectivity index (χ1) is 7.59. The lowest BCUT2D eigenvalue weighted by Gasteiger charge is -2.38. The molecule has 0 radical (unpaired) electrons. The second-order valence-electron chi connectivity index (χ2n) is 6.46. The van der Waals surface area contributed by atoms with Crippen molar-refractivity contribution < 1.29 is 13.2 Å². The summed E-state index contributed by atoms with van der Waals surface area (Å²) in [4.78, 5) is 0. The summed E-state index contributed by atoms with van der Waals surface area (Å²) in [5.74, 6) is 0.673. The quantitative estimate of drug-likeness (QED) is 0.785. The lowest BCUT2D eigenvalue weighted by Crippen LogP contribution is -2.38. The predicted molar refractivity (Wildman–Crippen MR) is 63.6 cm³/mol. The number of hydrogen-bond acceptors (Lipinski definition) is 1. The van der Waals surface area contributed by atoms with Crippen LogP contribution in [0.3, 0.4) is 0 Å². The molecule has 0 unspecified atom stereocenters. The van der Waals surface area contributed by atoms with Gasteiger partial charge in [0.2, 0.25) is 0 Å². The van der Waals surface area contributed by atoms with E-state index in [0.717, 1.165) is 25.7 Å². The van der Waals surface area contributed by atoms with Gasteiger partial charge in [0.25, 0.3) is 0 Å². The molecule has 0 heterocycles. The summed E-state index contributed by atoms with van der Waals surface area (Å²) in [7, 11) is 0. The van der Waals surface area contributed by atoms with E-state index in [1.54, 1.807) is 0 Å². The molecule has 102 valence electrons. The largest absolute Gasteiger partial charge is 0.390 e. The third kappa shape index (κ3) is 4.86. The molecule has 17 heavy (non-hydrogen) atoms. The fourth-order valence-corrected chi connectivity index (χ4v) is 2.85. The summed E-state index contributed by atoms with van der Waals surface area (Å²) in [6.45, 7) is 6.61. The molecule has 1 atom stereocenters. The maximum absolute atomic E-state index is 12.2. The number of hydrogen-bond donors (Lipinski definition) is 1. The number of halogens is 3. The van der Waals surface area contributed by atoms with Crippen molar-refractivity contribution in [2.75, 3.05) is 0 Å². The fourth-order valence-electron chi connectivity index (χ4n) is 2.85. The van der Waals surface area contributed by atoms with Crippen molar-refractivity contribution in [3.05, 3.63) is 0 Å². The van der Waals surface area contributed by atoms with Crippen LogP contribution in [0.4, 0.5) is 13.2 Å². The highest BCUT2D eigenvalue weighted by molar-refractivity contribution is 4.85.